The highest BCUT2D eigenvalue weighted by atomic mass is 79.9. The largest absolute Gasteiger partial charge is 0.493 e. The Kier molecular flexibility index (Phi) is 6.80. The topological polar surface area (TPSA) is 84.9 Å². The van der Waals surface area contributed by atoms with Crippen LogP contribution in [0, 0.1) is 0 Å². The standard InChI is InChI=1S/C19H18BrNO5/c1-12(22)21-16(19(23)24)9-14-5-8-17(18(10-14)25-2)26-11-13-3-6-15(20)7-4-13/h3-10H,11H2,1-2H3,(H,21,22)(H,23,24). The van der Waals surface area contributed by atoms with E-state index in [9.17, 15) is 9.59 Å². The van der Waals surface area contributed by atoms with Crippen molar-refractivity contribution in [3.8, 4) is 11.5 Å². The average molecular weight is 420 g/mol. The summed E-state index contributed by atoms with van der Waals surface area (Å²) in [4.78, 5) is 22.3. The van der Waals surface area contributed by atoms with Crippen molar-refractivity contribution in [1.82, 2.24) is 5.32 Å². The van der Waals surface area contributed by atoms with Crippen molar-refractivity contribution >= 4 is 33.9 Å². The summed E-state index contributed by atoms with van der Waals surface area (Å²) in [7, 11) is 1.50. The lowest BCUT2D eigenvalue weighted by molar-refractivity contribution is -0.134. The van der Waals surface area contributed by atoms with E-state index in [1.165, 1.54) is 20.1 Å². The zero-order valence-electron chi connectivity index (χ0n) is 14.3. The van der Waals surface area contributed by atoms with Gasteiger partial charge in [-0.1, -0.05) is 34.1 Å². The minimum atomic E-state index is -1.23. The van der Waals surface area contributed by atoms with E-state index in [4.69, 9.17) is 14.6 Å². The molecule has 0 aliphatic rings. The molecule has 0 fully saturated rings. The van der Waals surface area contributed by atoms with Gasteiger partial charge in [-0.15, -0.1) is 0 Å². The Morgan fingerprint density at radius 1 is 1.15 bits per heavy atom. The van der Waals surface area contributed by atoms with Crippen molar-refractivity contribution in [1.29, 1.82) is 0 Å². The summed E-state index contributed by atoms with van der Waals surface area (Å²) < 4.78 is 12.1. The van der Waals surface area contributed by atoms with Crippen LogP contribution in [0.5, 0.6) is 11.5 Å². The maximum absolute atomic E-state index is 11.2. The molecule has 0 atom stereocenters. The predicted octanol–water partition coefficient (Wildman–Crippen LogP) is 3.60. The van der Waals surface area contributed by atoms with Gasteiger partial charge in [0.2, 0.25) is 5.91 Å². The first kappa shape index (κ1) is 19.5. The molecular weight excluding hydrogens is 402 g/mol. The second-order valence-electron chi connectivity index (χ2n) is 5.37. The first-order chi connectivity index (χ1) is 12.4. The summed E-state index contributed by atoms with van der Waals surface area (Å²) in [6.07, 6.45) is 1.35. The fourth-order valence-electron chi connectivity index (χ4n) is 2.14. The Bertz CT molecular complexity index is 830. The number of rotatable bonds is 7. The van der Waals surface area contributed by atoms with E-state index in [0.29, 0.717) is 23.7 Å². The Labute approximate surface area is 159 Å². The number of carbonyl (C=O) groups excluding carboxylic acids is 1. The van der Waals surface area contributed by atoms with Crippen LogP contribution in [0.4, 0.5) is 0 Å². The molecular formula is C19H18BrNO5. The smallest absolute Gasteiger partial charge is 0.352 e. The van der Waals surface area contributed by atoms with Gasteiger partial charge in [0.25, 0.3) is 0 Å². The molecule has 0 radical (unpaired) electrons. The van der Waals surface area contributed by atoms with Crippen LogP contribution in [-0.2, 0) is 16.2 Å². The molecule has 2 N–H and O–H groups in total. The normalized spacial score (nSPS) is 11.0. The van der Waals surface area contributed by atoms with Crippen LogP contribution in [0.1, 0.15) is 18.1 Å². The van der Waals surface area contributed by atoms with E-state index >= 15 is 0 Å². The lowest BCUT2D eigenvalue weighted by Gasteiger charge is -2.12. The van der Waals surface area contributed by atoms with Gasteiger partial charge < -0.3 is 19.9 Å². The second kappa shape index (κ2) is 9.05. The van der Waals surface area contributed by atoms with E-state index < -0.39 is 11.9 Å². The maximum atomic E-state index is 11.2. The number of aliphatic carboxylic acids is 1. The highest BCUT2D eigenvalue weighted by molar-refractivity contribution is 9.10. The molecule has 136 valence electrons. The molecule has 0 heterocycles. The maximum Gasteiger partial charge on any atom is 0.352 e. The molecule has 0 saturated carbocycles. The zero-order chi connectivity index (χ0) is 19.1. The molecule has 26 heavy (non-hydrogen) atoms. The zero-order valence-corrected chi connectivity index (χ0v) is 15.9. The van der Waals surface area contributed by atoms with E-state index in [1.807, 2.05) is 24.3 Å². The van der Waals surface area contributed by atoms with Gasteiger partial charge >= 0.3 is 5.97 Å². The summed E-state index contributed by atoms with van der Waals surface area (Å²) in [6.45, 7) is 1.61. The molecule has 0 bridgehead atoms. The molecule has 6 nitrogen and oxygen atoms in total. The monoisotopic (exact) mass is 419 g/mol. The number of methoxy groups -OCH3 is 1. The Hall–Kier alpha value is -2.80. The number of carboxylic acids is 1. The number of nitrogens with one attached hydrogen (secondary N) is 1. The predicted molar refractivity (Wildman–Crippen MR) is 101 cm³/mol. The highest BCUT2D eigenvalue weighted by Crippen LogP contribution is 2.29. The number of hydrogen-bond donors (Lipinski definition) is 2. The third-order valence-corrected chi connectivity index (χ3v) is 3.88. The van der Waals surface area contributed by atoms with Crippen LogP contribution < -0.4 is 14.8 Å². The van der Waals surface area contributed by atoms with Crippen LogP contribution in [0.2, 0.25) is 0 Å². The molecule has 0 spiro atoms. The summed E-state index contributed by atoms with van der Waals surface area (Å²) >= 11 is 3.38. The molecule has 2 rings (SSSR count). The lowest BCUT2D eigenvalue weighted by atomic mass is 10.1. The number of carboxylic acid groups (broad SMARTS) is 1. The van der Waals surface area contributed by atoms with Gasteiger partial charge in [0, 0.05) is 11.4 Å². The van der Waals surface area contributed by atoms with Crippen LogP contribution in [-0.4, -0.2) is 24.1 Å². The number of ether oxygens (including phenoxy) is 2. The van der Waals surface area contributed by atoms with Gasteiger partial charge in [0.15, 0.2) is 11.5 Å². The summed E-state index contributed by atoms with van der Waals surface area (Å²) in [5, 5.41) is 11.4. The SMILES string of the molecule is COc1cc(C=C(NC(C)=O)C(=O)O)ccc1OCc1ccc(Br)cc1. The van der Waals surface area contributed by atoms with E-state index in [1.54, 1.807) is 18.2 Å². The van der Waals surface area contributed by atoms with Crippen LogP contribution >= 0.6 is 15.9 Å². The Morgan fingerprint density at radius 3 is 2.42 bits per heavy atom. The van der Waals surface area contributed by atoms with Crippen molar-refractivity contribution in [3.63, 3.8) is 0 Å². The third kappa shape index (κ3) is 5.63. The third-order valence-electron chi connectivity index (χ3n) is 3.35. The molecule has 0 unspecified atom stereocenters. The molecule has 1 amide bonds. The number of amides is 1. The Balaban J connectivity index is 2.19. The molecule has 7 heteroatoms. The summed E-state index contributed by atoms with van der Waals surface area (Å²) in [5.41, 5.74) is 1.34. The van der Waals surface area contributed by atoms with Crippen molar-refractivity contribution < 1.29 is 24.2 Å². The van der Waals surface area contributed by atoms with Gasteiger partial charge in [-0.3, -0.25) is 4.79 Å². The molecule has 2 aromatic carbocycles. The first-order valence-corrected chi connectivity index (χ1v) is 8.46. The summed E-state index contributed by atoms with van der Waals surface area (Å²) in [6, 6.07) is 12.8. The van der Waals surface area contributed by atoms with Gasteiger partial charge in [-0.2, -0.15) is 0 Å². The number of benzene rings is 2. The van der Waals surface area contributed by atoms with Crippen LogP contribution in [0.25, 0.3) is 6.08 Å². The number of carbonyl (C=O) groups is 2. The van der Waals surface area contributed by atoms with E-state index in [2.05, 4.69) is 21.2 Å². The van der Waals surface area contributed by atoms with Crippen LogP contribution in [0.3, 0.4) is 0 Å². The molecule has 0 saturated heterocycles. The van der Waals surface area contributed by atoms with Gasteiger partial charge in [0.1, 0.15) is 12.3 Å². The quantitative estimate of drug-likeness (QED) is 0.669. The minimum Gasteiger partial charge on any atom is -0.493 e. The van der Waals surface area contributed by atoms with E-state index in [0.717, 1.165) is 10.0 Å². The molecule has 0 aromatic heterocycles. The van der Waals surface area contributed by atoms with Gasteiger partial charge in [-0.05, 0) is 41.5 Å². The van der Waals surface area contributed by atoms with Crippen LogP contribution in [0.15, 0.2) is 52.6 Å². The lowest BCUT2D eigenvalue weighted by Crippen LogP contribution is -2.24. The fourth-order valence-corrected chi connectivity index (χ4v) is 2.41. The highest BCUT2D eigenvalue weighted by Gasteiger charge is 2.11. The minimum absolute atomic E-state index is 0.219. The van der Waals surface area contributed by atoms with Crippen molar-refractivity contribution in [3.05, 3.63) is 63.8 Å². The number of hydrogen-bond acceptors (Lipinski definition) is 4. The molecule has 0 aliphatic heterocycles. The van der Waals surface area contributed by atoms with Gasteiger partial charge in [0.05, 0.1) is 7.11 Å². The average Bonchev–Trinajstić information content (AvgIpc) is 2.60. The second-order valence-corrected chi connectivity index (χ2v) is 6.29. The van der Waals surface area contributed by atoms with E-state index in [-0.39, 0.29) is 5.70 Å². The fraction of sp³-hybridized carbons (Fsp3) is 0.158. The first-order valence-electron chi connectivity index (χ1n) is 7.67. The van der Waals surface area contributed by atoms with Gasteiger partial charge in [-0.25, -0.2) is 4.79 Å². The van der Waals surface area contributed by atoms with Crippen molar-refractivity contribution in [2.45, 2.75) is 13.5 Å². The number of halogens is 1. The Morgan fingerprint density at radius 2 is 1.85 bits per heavy atom. The van der Waals surface area contributed by atoms with Crippen molar-refractivity contribution in [2.75, 3.05) is 7.11 Å². The van der Waals surface area contributed by atoms with Crippen molar-refractivity contribution in [2.24, 2.45) is 0 Å². The summed E-state index contributed by atoms with van der Waals surface area (Å²) in [5.74, 6) is -0.692. The molecule has 0 aliphatic carbocycles. The molecule has 2 aromatic rings.